The molecule has 1 aromatic heterocycles. The number of nitrogen functional groups attached to an aromatic ring is 1. The van der Waals surface area contributed by atoms with Crippen LogP contribution in [0.1, 0.15) is 28.8 Å². The minimum absolute atomic E-state index is 0.0674. The molecule has 0 saturated carbocycles. The van der Waals surface area contributed by atoms with E-state index < -0.39 is 30.2 Å². The Kier molecular flexibility index (Phi) is 12.8. The number of likely N-dealkylation sites (tertiary alicyclic amines) is 1. The van der Waals surface area contributed by atoms with Gasteiger partial charge in [-0.15, -0.1) is 0 Å². The zero-order valence-electron chi connectivity index (χ0n) is 26.1. The van der Waals surface area contributed by atoms with Gasteiger partial charge in [-0.1, -0.05) is 48.5 Å². The molecule has 11 nitrogen and oxygen atoms in total. The van der Waals surface area contributed by atoms with Gasteiger partial charge in [0.25, 0.3) is 5.91 Å². The maximum Gasteiger partial charge on any atom is 0.490 e. The average molecular weight is 709 g/mol. The number of ether oxygens (including phenoxy) is 1. The first kappa shape index (κ1) is 38.7. The second kappa shape index (κ2) is 16.6. The maximum atomic E-state index is 13.5. The highest BCUT2D eigenvalue weighted by Gasteiger charge is 2.40. The van der Waals surface area contributed by atoms with Crippen LogP contribution in [0.4, 0.5) is 32.2 Å². The summed E-state index contributed by atoms with van der Waals surface area (Å²) in [4.78, 5) is 54.4. The Morgan fingerprint density at radius 3 is 1.98 bits per heavy atom. The second-order valence-corrected chi connectivity index (χ2v) is 10.7. The van der Waals surface area contributed by atoms with Gasteiger partial charge in [-0.05, 0) is 60.2 Å². The average Bonchev–Trinajstić information content (AvgIpc) is 3.57. The van der Waals surface area contributed by atoms with Crippen molar-refractivity contribution in [3.63, 3.8) is 0 Å². The minimum Gasteiger partial charge on any atom is -0.475 e. The lowest BCUT2D eigenvalue weighted by atomic mass is 9.89. The van der Waals surface area contributed by atoms with Gasteiger partial charge in [0.2, 0.25) is 0 Å². The van der Waals surface area contributed by atoms with E-state index in [1.165, 1.54) is 13.4 Å². The molecule has 1 aliphatic heterocycles. The number of anilines is 1. The number of amides is 1. The first-order valence-corrected chi connectivity index (χ1v) is 14.6. The van der Waals surface area contributed by atoms with Crippen molar-refractivity contribution in [1.82, 2.24) is 14.9 Å². The molecule has 1 amide bonds. The molecule has 266 valence electrons. The molecule has 2 heterocycles. The molecule has 0 bridgehead atoms. The molecule has 1 fully saturated rings. The van der Waals surface area contributed by atoms with Crippen LogP contribution in [0, 0.1) is 5.92 Å². The van der Waals surface area contributed by atoms with Gasteiger partial charge in [0, 0.05) is 23.5 Å². The van der Waals surface area contributed by atoms with E-state index in [4.69, 9.17) is 30.3 Å². The Bertz CT molecular complexity index is 1780. The number of carbonyl (C=O) groups excluding carboxylic acids is 2. The molecule has 4 N–H and O–H groups in total. The van der Waals surface area contributed by atoms with Crippen LogP contribution >= 0.6 is 0 Å². The van der Waals surface area contributed by atoms with Gasteiger partial charge in [0.05, 0.1) is 18.5 Å². The lowest BCUT2D eigenvalue weighted by molar-refractivity contribution is -0.193. The van der Waals surface area contributed by atoms with Gasteiger partial charge in [-0.25, -0.2) is 19.6 Å². The summed E-state index contributed by atoms with van der Waals surface area (Å²) in [6, 6.07) is 23.2. The van der Waals surface area contributed by atoms with Gasteiger partial charge in [0.1, 0.15) is 12.1 Å². The van der Waals surface area contributed by atoms with Crippen molar-refractivity contribution in [1.29, 1.82) is 0 Å². The number of hydrogen-bond donors (Lipinski definition) is 3. The number of methoxy groups -OCH3 is 1. The predicted octanol–water partition coefficient (Wildman–Crippen LogP) is 5.78. The van der Waals surface area contributed by atoms with Crippen molar-refractivity contribution in [2.45, 2.75) is 37.7 Å². The van der Waals surface area contributed by atoms with Crippen LogP contribution in [0.2, 0.25) is 0 Å². The second-order valence-electron chi connectivity index (χ2n) is 10.7. The Morgan fingerprint density at radius 2 is 1.44 bits per heavy atom. The Morgan fingerprint density at radius 1 is 0.880 bits per heavy atom. The fourth-order valence-electron chi connectivity index (χ4n) is 5.10. The molecule has 0 spiro atoms. The summed E-state index contributed by atoms with van der Waals surface area (Å²) in [5.74, 6) is -6.00. The van der Waals surface area contributed by atoms with Crippen molar-refractivity contribution in [3.8, 4) is 11.1 Å². The normalized spacial score (nSPS) is 14.8. The van der Waals surface area contributed by atoms with Gasteiger partial charge in [-0.2, -0.15) is 26.3 Å². The lowest BCUT2D eigenvalue weighted by Gasteiger charge is -2.30. The molecular formula is C33H30F6N4O7. The quantitative estimate of drug-likeness (QED) is 0.165. The number of nitrogens with zero attached hydrogens (tertiary/aromatic N) is 3. The van der Waals surface area contributed by atoms with Crippen LogP contribution in [-0.2, 0) is 25.5 Å². The fraction of sp³-hybridized carbons (Fsp3) is 0.273. The van der Waals surface area contributed by atoms with Crippen molar-refractivity contribution < 1.29 is 60.5 Å². The van der Waals surface area contributed by atoms with Crippen molar-refractivity contribution >= 4 is 40.5 Å². The maximum absolute atomic E-state index is 13.5. The van der Waals surface area contributed by atoms with Crippen LogP contribution in [-0.4, -0.2) is 80.9 Å². The third-order valence-corrected chi connectivity index (χ3v) is 7.44. The van der Waals surface area contributed by atoms with Crippen molar-refractivity contribution in [2.75, 3.05) is 19.4 Å². The van der Waals surface area contributed by atoms with E-state index in [1.807, 2.05) is 77.7 Å². The van der Waals surface area contributed by atoms with Crippen molar-refractivity contribution in [3.05, 3.63) is 90.3 Å². The third kappa shape index (κ3) is 10.4. The Balaban J connectivity index is 0.000000408. The summed E-state index contributed by atoms with van der Waals surface area (Å²) in [5.41, 5.74) is 10.5. The molecule has 5 rings (SSSR count). The first-order chi connectivity index (χ1) is 23.4. The van der Waals surface area contributed by atoms with Gasteiger partial charge >= 0.3 is 30.3 Å². The summed E-state index contributed by atoms with van der Waals surface area (Å²) < 4.78 is 68.7. The minimum atomic E-state index is -5.08. The standard InChI is InChI=1S/C29H28N4O3.2C2HF3O2/c1-36-29(35)24(17-19-9-14-25-23(16-19)27(30)32-18-31-25)26-8-5-15-33(26)28(34)22-12-10-21(11-13-22)20-6-3-2-4-7-20;2*3-2(4,5)1(6)7/h2-4,6-7,9-14,16,18,24,26H,5,8,15,17H2,1H3,(H2,30,31,32);2*(H,6,7). The molecule has 4 aromatic rings. The number of carboxylic acid groups (broad SMARTS) is 2. The number of fused-ring (bicyclic) bond motifs is 1. The molecule has 0 aliphatic carbocycles. The van der Waals surface area contributed by atoms with E-state index in [9.17, 15) is 35.9 Å². The number of carboxylic acids is 2. The highest BCUT2D eigenvalue weighted by atomic mass is 19.4. The Labute approximate surface area is 280 Å². The highest BCUT2D eigenvalue weighted by Crippen LogP contribution is 2.31. The number of esters is 1. The Hall–Kier alpha value is -5.74. The van der Waals surface area contributed by atoms with Crippen LogP contribution in [0.25, 0.3) is 22.0 Å². The number of aliphatic carboxylic acids is 2. The summed E-state index contributed by atoms with van der Waals surface area (Å²) in [6.45, 7) is 0.607. The number of nitrogens with two attached hydrogens (primary N) is 1. The number of aromatic nitrogens is 2. The van der Waals surface area contributed by atoms with Crippen LogP contribution in [0.15, 0.2) is 79.1 Å². The molecule has 3 aromatic carbocycles. The largest absolute Gasteiger partial charge is 0.490 e. The summed E-state index contributed by atoms with van der Waals surface area (Å²) in [7, 11) is 1.39. The molecular weight excluding hydrogens is 678 g/mol. The molecule has 17 heteroatoms. The summed E-state index contributed by atoms with van der Waals surface area (Å²) >= 11 is 0. The van der Waals surface area contributed by atoms with Crippen LogP contribution < -0.4 is 5.73 Å². The molecule has 2 unspecified atom stereocenters. The van der Waals surface area contributed by atoms with E-state index in [1.54, 1.807) is 0 Å². The monoisotopic (exact) mass is 708 g/mol. The zero-order valence-corrected chi connectivity index (χ0v) is 26.1. The summed E-state index contributed by atoms with van der Waals surface area (Å²) in [6.07, 6.45) is -6.72. The van der Waals surface area contributed by atoms with Gasteiger partial charge < -0.3 is 25.6 Å². The van der Waals surface area contributed by atoms with E-state index in [0.29, 0.717) is 24.3 Å². The molecule has 2 atom stereocenters. The SMILES string of the molecule is COC(=O)C(Cc1ccc2ncnc(N)c2c1)C1CCCN1C(=O)c1ccc(-c2ccccc2)cc1.O=C(O)C(F)(F)F.O=C(O)C(F)(F)F. The van der Waals surface area contributed by atoms with E-state index >= 15 is 0 Å². The first-order valence-electron chi connectivity index (χ1n) is 14.6. The molecule has 1 aliphatic rings. The zero-order chi connectivity index (χ0) is 37.2. The molecule has 50 heavy (non-hydrogen) atoms. The summed E-state index contributed by atoms with van der Waals surface area (Å²) in [5, 5.41) is 15.0. The topological polar surface area (TPSA) is 173 Å². The number of alkyl halides is 6. The number of rotatable bonds is 6. The van der Waals surface area contributed by atoms with E-state index in [-0.39, 0.29) is 17.9 Å². The fourth-order valence-corrected chi connectivity index (χ4v) is 5.10. The highest BCUT2D eigenvalue weighted by molar-refractivity contribution is 5.95. The molecule has 0 radical (unpaired) electrons. The lowest BCUT2D eigenvalue weighted by Crippen LogP contribution is -2.44. The van der Waals surface area contributed by atoms with Crippen LogP contribution in [0.5, 0.6) is 0 Å². The van der Waals surface area contributed by atoms with E-state index in [2.05, 4.69) is 9.97 Å². The third-order valence-electron chi connectivity index (χ3n) is 7.44. The number of benzene rings is 3. The number of hydrogen-bond acceptors (Lipinski definition) is 8. The predicted molar refractivity (Wildman–Crippen MR) is 166 cm³/mol. The molecule has 1 saturated heterocycles. The van der Waals surface area contributed by atoms with E-state index in [0.717, 1.165) is 40.4 Å². The number of carbonyl (C=O) groups is 4. The number of halogens is 6. The smallest absolute Gasteiger partial charge is 0.475 e. The van der Waals surface area contributed by atoms with Crippen molar-refractivity contribution in [2.24, 2.45) is 5.92 Å². The van der Waals surface area contributed by atoms with Crippen LogP contribution in [0.3, 0.4) is 0 Å². The van der Waals surface area contributed by atoms with Gasteiger partial charge in [0.15, 0.2) is 0 Å². The van der Waals surface area contributed by atoms with Gasteiger partial charge in [-0.3, -0.25) is 9.59 Å².